The van der Waals surface area contributed by atoms with Gasteiger partial charge in [-0.05, 0) is 24.3 Å². The number of rotatable bonds is 5. The number of anilines is 1. The maximum absolute atomic E-state index is 8.92. The summed E-state index contributed by atoms with van der Waals surface area (Å²) in [6.45, 7) is 0.589. The Balaban J connectivity index is 1.85. The lowest BCUT2D eigenvalue weighted by atomic mass is 10.1. The molecule has 0 aliphatic heterocycles. The zero-order valence-electron chi connectivity index (χ0n) is 13.5. The summed E-state index contributed by atoms with van der Waals surface area (Å²) >= 11 is 0. The van der Waals surface area contributed by atoms with E-state index in [1.807, 2.05) is 37.5 Å². The van der Waals surface area contributed by atoms with Gasteiger partial charge in [-0.1, -0.05) is 12.1 Å². The normalized spacial score (nSPS) is 10.2. The number of hydrogen-bond acceptors (Lipinski definition) is 5. The Kier molecular flexibility index (Phi) is 4.43. The minimum atomic E-state index is 0.557. The predicted molar refractivity (Wildman–Crippen MR) is 91.5 cm³/mol. The van der Waals surface area contributed by atoms with Crippen LogP contribution in [0, 0.1) is 11.3 Å². The summed E-state index contributed by atoms with van der Waals surface area (Å²) in [7, 11) is 3.49. The molecule has 0 amide bonds. The molecule has 6 heteroatoms. The van der Waals surface area contributed by atoms with Gasteiger partial charge in [0.15, 0.2) is 0 Å². The fourth-order valence-corrected chi connectivity index (χ4v) is 2.49. The van der Waals surface area contributed by atoms with Crippen molar-refractivity contribution in [2.24, 2.45) is 7.05 Å². The number of nitriles is 1. The maximum atomic E-state index is 8.92. The summed E-state index contributed by atoms with van der Waals surface area (Å²) in [6.07, 6.45) is 3.67. The molecule has 1 N–H and O–H groups in total. The number of benzene rings is 1. The summed E-state index contributed by atoms with van der Waals surface area (Å²) in [6, 6.07) is 13.3. The standard InChI is InChI=1S/C18H17N5O/c1-23-12-15(11-21-16-4-3-9-20-18(16)24-2)17(22-23)14-7-5-13(10-19)6-8-14/h3-9,12,21H,11H2,1-2H3. The van der Waals surface area contributed by atoms with Gasteiger partial charge in [0.1, 0.15) is 0 Å². The molecule has 120 valence electrons. The van der Waals surface area contributed by atoms with Crippen molar-refractivity contribution in [1.29, 1.82) is 5.26 Å². The van der Waals surface area contributed by atoms with Crippen LogP contribution in [-0.4, -0.2) is 21.9 Å². The van der Waals surface area contributed by atoms with Gasteiger partial charge < -0.3 is 10.1 Å². The number of nitrogens with one attached hydrogen (secondary N) is 1. The third-order valence-electron chi connectivity index (χ3n) is 3.63. The van der Waals surface area contributed by atoms with Crippen LogP contribution in [-0.2, 0) is 13.6 Å². The predicted octanol–water partition coefficient (Wildman–Crippen LogP) is 2.97. The van der Waals surface area contributed by atoms with Crippen LogP contribution < -0.4 is 10.1 Å². The van der Waals surface area contributed by atoms with Gasteiger partial charge in [-0.2, -0.15) is 10.4 Å². The molecule has 2 aromatic heterocycles. The molecular formula is C18H17N5O. The SMILES string of the molecule is COc1ncccc1NCc1cn(C)nc1-c1ccc(C#N)cc1. The molecule has 0 atom stereocenters. The first-order valence-electron chi connectivity index (χ1n) is 7.47. The van der Waals surface area contributed by atoms with Gasteiger partial charge >= 0.3 is 0 Å². The van der Waals surface area contributed by atoms with Gasteiger partial charge in [-0.25, -0.2) is 4.98 Å². The fourth-order valence-electron chi connectivity index (χ4n) is 2.49. The Morgan fingerprint density at radius 1 is 1.25 bits per heavy atom. The van der Waals surface area contributed by atoms with Crippen LogP contribution in [0.2, 0.25) is 0 Å². The first-order chi connectivity index (χ1) is 11.7. The molecule has 3 aromatic rings. The summed E-state index contributed by atoms with van der Waals surface area (Å²) in [5, 5.41) is 16.8. The molecule has 24 heavy (non-hydrogen) atoms. The van der Waals surface area contributed by atoms with Crippen LogP contribution in [0.4, 0.5) is 5.69 Å². The van der Waals surface area contributed by atoms with Crippen molar-refractivity contribution in [3.05, 3.63) is 59.9 Å². The van der Waals surface area contributed by atoms with E-state index >= 15 is 0 Å². The van der Waals surface area contributed by atoms with Crippen LogP contribution in [0.1, 0.15) is 11.1 Å². The highest BCUT2D eigenvalue weighted by molar-refractivity contribution is 5.64. The highest BCUT2D eigenvalue weighted by Crippen LogP contribution is 2.25. The molecule has 2 heterocycles. The molecule has 3 rings (SSSR count). The summed E-state index contributed by atoms with van der Waals surface area (Å²) in [4.78, 5) is 4.18. The van der Waals surface area contributed by atoms with Crippen molar-refractivity contribution < 1.29 is 4.74 Å². The van der Waals surface area contributed by atoms with E-state index in [1.54, 1.807) is 30.1 Å². The van der Waals surface area contributed by atoms with E-state index in [1.165, 1.54) is 0 Å². The Morgan fingerprint density at radius 2 is 2.04 bits per heavy atom. The highest BCUT2D eigenvalue weighted by atomic mass is 16.5. The molecule has 0 aliphatic rings. The minimum absolute atomic E-state index is 0.557. The van der Waals surface area contributed by atoms with Gasteiger partial charge in [0, 0.05) is 37.1 Å². The van der Waals surface area contributed by atoms with Gasteiger partial charge in [0.05, 0.1) is 30.1 Å². The number of ether oxygens (including phenoxy) is 1. The lowest BCUT2D eigenvalue weighted by Crippen LogP contribution is -2.02. The molecule has 0 spiro atoms. The number of nitrogens with zero attached hydrogens (tertiary/aromatic N) is 4. The van der Waals surface area contributed by atoms with Crippen molar-refractivity contribution in [2.45, 2.75) is 6.54 Å². The van der Waals surface area contributed by atoms with E-state index in [9.17, 15) is 0 Å². The van der Waals surface area contributed by atoms with Crippen molar-refractivity contribution in [3.8, 4) is 23.2 Å². The Morgan fingerprint density at radius 3 is 2.75 bits per heavy atom. The second kappa shape index (κ2) is 6.84. The molecule has 0 fully saturated rings. The van der Waals surface area contributed by atoms with E-state index in [0.29, 0.717) is 18.0 Å². The molecule has 0 aliphatic carbocycles. The van der Waals surface area contributed by atoms with E-state index in [4.69, 9.17) is 10.00 Å². The topological polar surface area (TPSA) is 75.8 Å². The molecule has 1 aromatic carbocycles. The number of aryl methyl sites for hydroxylation is 1. The van der Waals surface area contributed by atoms with Crippen molar-refractivity contribution in [3.63, 3.8) is 0 Å². The Hall–Kier alpha value is -3.33. The van der Waals surface area contributed by atoms with Crippen LogP contribution >= 0.6 is 0 Å². The summed E-state index contributed by atoms with van der Waals surface area (Å²) in [5.41, 5.74) is 4.37. The van der Waals surface area contributed by atoms with E-state index < -0.39 is 0 Å². The summed E-state index contributed by atoms with van der Waals surface area (Å²) in [5.74, 6) is 0.557. The fraction of sp³-hybridized carbons (Fsp3) is 0.167. The molecule has 6 nitrogen and oxygen atoms in total. The monoisotopic (exact) mass is 319 g/mol. The number of methoxy groups -OCH3 is 1. The molecular weight excluding hydrogens is 302 g/mol. The van der Waals surface area contributed by atoms with Crippen LogP contribution in [0.5, 0.6) is 5.88 Å². The third-order valence-corrected chi connectivity index (χ3v) is 3.63. The number of hydrogen-bond donors (Lipinski definition) is 1. The molecule has 0 saturated carbocycles. The third kappa shape index (κ3) is 3.20. The first kappa shape index (κ1) is 15.6. The Bertz CT molecular complexity index is 877. The highest BCUT2D eigenvalue weighted by Gasteiger charge is 2.11. The average Bonchev–Trinajstić information content (AvgIpc) is 3.01. The number of pyridine rings is 1. The maximum Gasteiger partial charge on any atom is 0.237 e. The zero-order chi connectivity index (χ0) is 16.9. The van der Waals surface area contributed by atoms with Crippen LogP contribution in [0.15, 0.2) is 48.8 Å². The van der Waals surface area contributed by atoms with E-state index in [-0.39, 0.29) is 0 Å². The zero-order valence-corrected chi connectivity index (χ0v) is 13.5. The molecule has 0 bridgehead atoms. The van der Waals surface area contributed by atoms with Gasteiger partial charge in [-0.3, -0.25) is 4.68 Å². The van der Waals surface area contributed by atoms with Crippen molar-refractivity contribution >= 4 is 5.69 Å². The lowest BCUT2D eigenvalue weighted by molar-refractivity contribution is 0.399. The van der Waals surface area contributed by atoms with Gasteiger partial charge in [0.2, 0.25) is 5.88 Å². The largest absolute Gasteiger partial charge is 0.480 e. The van der Waals surface area contributed by atoms with E-state index in [0.717, 1.165) is 22.5 Å². The van der Waals surface area contributed by atoms with Crippen molar-refractivity contribution in [1.82, 2.24) is 14.8 Å². The lowest BCUT2D eigenvalue weighted by Gasteiger charge is -2.09. The van der Waals surface area contributed by atoms with Crippen molar-refractivity contribution in [2.75, 3.05) is 12.4 Å². The average molecular weight is 319 g/mol. The first-order valence-corrected chi connectivity index (χ1v) is 7.47. The molecule has 0 radical (unpaired) electrons. The molecule has 0 unspecified atom stereocenters. The van der Waals surface area contributed by atoms with Crippen LogP contribution in [0.25, 0.3) is 11.3 Å². The second-order valence-electron chi connectivity index (χ2n) is 5.28. The summed E-state index contributed by atoms with van der Waals surface area (Å²) < 4.78 is 7.04. The number of aromatic nitrogens is 3. The molecule has 0 saturated heterocycles. The quantitative estimate of drug-likeness (QED) is 0.782. The van der Waals surface area contributed by atoms with Gasteiger partial charge in [0.25, 0.3) is 0 Å². The van der Waals surface area contributed by atoms with Gasteiger partial charge in [-0.15, -0.1) is 0 Å². The second-order valence-corrected chi connectivity index (χ2v) is 5.28. The van der Waals surface area contributed by atoms with Crippen LogP contribution in [0.3, 0.4) is 0 Å². The van der Waals surface area contributed by atoms with E-state index in [2.05, 4.69) is 21.5 Å². The minimum Gasteiger partial charge on any atom is -0.480 e. The smallest absolute Gasteiger partial charge is 0.237 e. The Labute approximate surface area is 140 Å².